The van der Waals surface area contributed by atoms with Crippen LogP contribution in [0.15, 0.2) is 64.9 Å². The summed E-state index contributed by atoms with van der Waals surface area (Å²) in [4.78, 5) is 13.6. The molecule has 1 aliphatic heterocycles. The Kier molecular flexibility index (Phi) is 6.99. The number of sulfonamides is 1. The molecule has 2 aromatic carbocycles. The van der Waals surface area contributed by atoms with Crippen molar-refractivity contribution >= 4 is 33.0 Å². The van der Waals surface area contributed by atoms with Crippen LogP contribution >= 0.6 is 11.3 Å². The zero-order valence-electron chi connectivity index (χ0n) is 17.8. The van der Waals surface area contributed by atoms with E-state index in [1.807, 2.05) is 23.6 Å². The summed E-state index contributed by atoms with van der Waals surface area (Å²) in [7, 11) is -3.95. The summed E-state index contributed by atoms with van der Waals surface area (Å²) in [5.74, 6) is 6.50. The Labute approximate surface area is 196 Å². The number of ether oxygens (including phenoxy) is 2. The SMILES string of the molecule is C[C@@H](NS(=O)(=O)c1ccc2c(c1)OCCCO2)C(=O)Nc1cccc(C#Cc2cccs2)c1. The molecule has 7 nitrogen and oxygen atoms in total. The van der Waals surface area contributed by atoms with Crippen molar-refractivity contribution in [2.45, 2.75) is 24.3 Å². The fraction of sp³-hybridized carbons (Fsp3) is 0.208. The lowest BCUT2D eigenvalue weighted by molar-refractivity contribution is -0.117. The number of carbonyl (C=O) groups excluding carboxylic acids is 1. The Morgan fingerprint density at radius 2 is 1.85 bits per heavy atom. The second-order valence-electron chi connectivity index (χ2n) is 7.30. The van der Waals surface area contributed by atoms with Crippen LogP contribution < -0.4 is 19.5 Å². The highest BCUT2D eigenvalue weighted by Crippen LogP contribution is 2.31. The van der Waals surface area contributed by atoms with Crippen molar-refractivity contribution in [2.24, 2.45) is 0 Å². The van der Waals surface area contributed by atoms with E-state index in [1.54, 1.807) is 35.6 Å². The van der Waals surface area contributed by atoms with Crippen LogP contribution in [0.2, 0.25) is 0 Å². The van der Waals surface area contributed by atoms with E-state index in [9.17, 15) is 13.2 Å². The van der Waals surface area contributed by atoms with E-state index in [-0.39, 0.29) is 4.90 Å². The Morgan fingerprint density at radius 1 is 1.03 bits per heavy atom. The molecule has 0 aliphatic carbocycles. The molecule has 0 bridgehead atoms. The van der Waals surface area contributed by atoms with Gasteiger partial charge >= 0.3 is 0 Å². The zero-order valence-corrected chi connectivity index (χ0v) is 19.5. The second-order valence-corrected chi connectivity index (χ2v) is 9.96. The van der Waals surface area contributed by atoms with Gasteiger partial charge in [-0.3, -0.25) is 4.79 Å². The molecule has 1 aromatic heterocycles. The predicted molar refractivity (Wildman–Crippen MR) is 127 cm³/mol. The van der Waals surface area contributed by atoms with Gasteiger partial charge in [0.2, 0.25) is 15.9 Å². The van der Waals surface area contributed by atoms with E-state index in [0.29, 0.717) is 36.8 Å². The number of hydrogen-bond acceptors (Lipinski definition) is 6. The summed E-state index contributed by atoms with van der Waals surface area (Å²) in [6, 6.07) is 14.3. The van der Waals surface area contributed by atoms with Gasteiger partial charge < -0.3 is 14.8 Å². The Balaban J connectivity index is 1.42. The molecule has 0 spiro atoms. The van der Waals surface area contributed by atoms with Gasteiger partial charge in [0, 0.05) is 23.7 Å². The standard InChI is InChI=1S/C24H22N2O5S2/c1-17(26-33(28,29)21-10-11-22-23(16-21)31-13-4-12-30-22)24(27)25-19-6-2-5-18(15-19)8-9-20-7-3-14-32-20/h2-3,5-7,10-11,14-17,26H,4,12-13H2,1H3,(H,25,27)/t17-/m1/s1. The van der Waals surface area contributed by atoms with Crippen LogP contribution in [0, 0.1) is 11.8 Å². The molecule has 33 heavy (non-hydrogen) atoms. The van der Waals surface area contributed by atoms with Crippen LogP contribution in [-0.2, 0) is 14.8 Å². The van der Waals surface area contributed by atoms with Gasteiger partial charge in [0.15, 0.2) is 11.5 Å². The van der Waals surface area contributed by atoms with E-state index in [2.05, 4.69) is 21.9 Å². The maximum Gasteiger partial charge on any atom is 0.242 e. The molecule has 4 rings (SSSR count). The lowest BCUT2D eigenvalue weighted by Crippen LogP contribution is -2.41. The average Bonchev–Trinajstić information content (AvgIpc) is 3.21. The number of benzene rings is 2. The minimum absolute atomic E-state index is 0.00255. The van der Waals surface area contributed by atoms with Gasteiger partial charge in [-0.25, -0.2) is 8.42 Å². The fourth-order valence-electron chi connectivity index (χ4n) is 3.07. The largest absolute Gasteiger partial charge is 0.490 e. The van der Waals surface area contributed by atoms with Crippen molar-refractivity contribution in [1.29, 1.82) is 0 Å². The third-order valence-electron chi connectivity index (χ3n) is 4.74. The van der Waals surface area contributed by atoms with E-state index in [0.717, 1.165) is 10.4 Å². The zero-order chi connectivity index (χ0) is 23.3. The molecule has 0 saturated heterocycles. The quantitative estimate of drug-likeness (QED) is 0.542. The summed E-state index contributed by atoms with van der Waals surface area (Å²) in [5.41, 5.74) is 1.27. The lowest BCUT2D eigenvalue weighted by Gasteiger charge is -2.15. The summed E-state index contributed by atoms with van der Waals surface area (Å²) >= 11 is 1.55. The highest BCUT2D eigenvalue weighted by molar-refractivity contribution is 7.89. The predicted octanol–water partition coefficient (Wildman–Crippen LogP) is 3.61. The number of amides is 1. The third kappa shape index (κ3) is 5.93. The molecule has 3 aromatic rings. The molecular formula is C24H22N2O5S2. The first-order valence-corrected chi connectivity index (χ1v) is 12.7. The third-order valence-corrected chi connectivity index (χ3v) is 7.06. The lowest BCUT2D eigenvalue weighted by atomic mass is 10.2. The number of thiophene rings is 1. The number of anilines is 1. The van der Waals surface area contributed by atoms with Crippen LogP contribution in [0.4, 0.5) is 5.69 Å². The van der Waals surface area contributed by atoms with E-state index < -0.39 is 22.0 Å². The molecule has 1 aliphatic rings. The molecule has 0 saturated carbocycles. The molecule has 9 heteroatoms. The molecule has 0 fully saturated rings. The van der Waals surface area contributed by atoms with Crippen molar-refractivity contribution < 1.29 is 22.7 Å². The van der Waals surface area contributed by atoms with Gasteiger partial charge in [-0.2, -0.15) is 4.72 Å². The van der Waals surface area contributed by atoms with Crippen LogP contribution in [0.3, 0.4) is 0 Å². The summed E-state index contributed by atoms with van der Waals surface area (Å²) < 4.78 is 39.1. The molecule has 1 amide bonds. The first kappa shape index (κ1) is 22.9. The molecule has 0 unspecified atom stereocenters. The summed E-state index contributed by atoms with van der Waals surface area (Å²) in [6.45, 7) is 2.44. The highest BCUT2D eigenvalue weighted by Gasteiger charge is 2.24. The maximum absolute atomic E-state index is 12.8. The van der Waals surface area contributed by atoms with Gasteiger partial charge in [0.05, 0.1) is 29.0 Å². The van der Waals surface area contributed by atoms with Gasteiger partial charge in [0.25, 0.3) is 0 Å². The monoisotopic (exact) mass is 482 g/mol. The summed E-state index contributed by atoms with van der Waals surface area (Å²) in [5, 5.41) is 4.69. The Bertz CT molecular complexity index is 1310. The van der Waals surface area contributed by atoms with Crippen molar-refractivity contribution in [3.05, 3.63) is 70.4 Å². The van der Waals surface area contributed by atoms with Crippen LogP contribution in [0.25, 0.3) is 0 Å². The van der Waals surface area contributed by atoms with E-state index in [4.69, 9.17) is 9.47 Å². The average molecular weight is 483 g/mol. The number of carbonyl (C=O) groups is 1. The molecule has 2 N–H and O–H groups in total. The van der Waals surface area contributed by atoms with Crippen molar-refractivity contribution in [3.8, 4) is 23.3 Å². The van der Waals surface area contributed by atoms with Crippen LogP contribution in [0.1, 0.15) is 23.8 Å². The summed E-state index contributed by atoms with van der Waals surface area (Å²) in [6.07, 6.45) is 0.715. The van der Waals surface area contributed by atoms with Crippen molar-refractivity contribution in [1.82, 2.24) is 4.72 Å². The van der Waals surface area contributed by atoms with E-state index >= 15 is 0 Å². The van der Waals surface area contributed by atoms with Crippen molar-refractivity contribution in [3.63, 3.8) is 0 Å². The maximum atomic E-state index is 12.8. The van der Waals surface area contributed by atoms with E-state index in [1.165, 1.54) is 19.1 Å². The molecule has 2 heterocycles. The van der Waals surface area contributed by atoms with Crippen LogP contribution in [0.5, 0.6) is 11.5 Å². The molecular weight excluding hydrogens is 460 g/mol. The molecule has 170 valence electrons. The van der Waals surface area contributed by atoms with Gasteiger partial charge in [-0.05, 0) is 48.7 Å². The molecule has 1 atom stereocenters. The topological polar surface area (TPSA) is 93.7 Å². The van der Waals surface area contributed by atoms with Gasteiger partial charge in [0.1, 0.15) is 0 Å². The number of hydrogen-bond donors (Lipinski definition) is 2. The van der Waals surface area contributed by atoms with Gasteiger partial charge in [-0.1, -0.05) is 24.0 Å². The minimum Gasteiger partial charge on any atom is -0.490 e. The first-order valence-electron chi connectivity index (χ1n) is 10.3. The number of fused-ring (bicyclic) bond motifs is 1. The second kappa shape index (κ2) is 10.1. The van der Waals surface area contributed by atoms with Crippen LogP contribution in [-0.4, -0.2) is 33.6 Å². The Morgan fingerprint density at radius 3 is 2.64 bits per heavy atom. The normalized spacial score (nSPS) is 13.8. The fourth-order valence-corrected chi connectivity index (χ4v) is 4.86. The minimum atomic E-state index is -3.95. The van der Waals surface area contributed by atoms with Gasteiger partial charge in [-0.15, -0.1) is 11.3 Å². The highest BCUT2D eigenvalue weighted by atomic mass is 32.2. The molecule has 0 radical (unpaired) electrons. The van der Waals surface area contributed by atoms with Crippen molar-refractivity contribution in [2.75, 3.05) is 18.5 Å². The number of nitrogens with one attached hydrogen (secondary N) is 2. The Hall–Kier alpha value is -3.32. The smallest absolute Gasteiger partial charge is 0.242 e. The first-order chi connectivity index (χ1) is 15.9. The number of rotatable bonds is 5.